The molecule has 5 heteroatoms. The second kappa shape index (κ2) is 6.01. The van der Waals surface area contributed by atoms with Crippen LogP contribution in [0, 0.1) is 5.92 Å². The number of hydrogen-bond donors (Lipinski definition) is 1. The molecular weight excluding hydrogens is 224 g/mol. The number of nitrogens with two attached hydrogens (primary N) is 1. The Morgan fingerprint density at radius 2 is 2.06 bits per heavy atom. The van der Waals surface area contributed by atoms with Crippen LogP contribution in [-0.2, 0) is 0 Å². The molecule has 16 heavy (non-hydrogen) atoms. The number of halogens is 1. The van der Waals surface area contributed by atoms with Gasteiger partial charge in [0.25, 0.3) is 0 Å². The summed E-state index contributed by atoms with van der Waals surface area (Å²) in [6, 6.07) is 2.11. The van der Waals surface area contributed by atoms with Crippen LogP contribution in [0.2, 0.25) is 0 Å². The highest BCUT2D eigenvalue weighted by atomic mass is 35.5. The van der Waals surface area contributed by atoms with E-state index in [1.807, 2.05) is 6.07 Å². The number of aromatic nitrogens is 2. The van der Waals surface area contributed by atoms with E-state index in [-0.39, 0.29) is 18.4 Å². The maximum atomic E-state index is 6.10. The van der Waals surface area contributed by atoms with Crippen molar-refractivity contribution in [1.82, 2.24) is 9.97 Å². The third-order valence-corrected chi connectivity index (χ3v) is 2.99. The Hall–Kier alpha value is -0.870. The Morgan fingerprint density at radius 1 is 1.38 bits per heavy atom. The summed E-state index contributed by atoms with van der Waals surface area (Å²) in [5, 5.41) is 0. The smallest absolute Gasteiger partial charge is 0.225 e. The topological polar surface area (TPSA) is 55.0 Å². The zero-order valence-corrected chi connectivity index (χ0v) is 10.4. The van der Waals surface area contributed by atoms with Crippen molar-refractivity contribution in [2.75, 3.05) is 18.0 Å². The molecule has 0 radical (unpaired) electrons. The lowest BCUT2D eigenvalue weighted by Gasteiger charge is -2.14. The largest absolute Gasteiger partial charge is 0.339 e. The molecule has 1 saturated heterocycles. The second-order valence-corrected chi connectivity index (χ2v) is 4.17. The minimum absolute atomic E-state index is 0. The summed E-state index contributed by atoms with van der Waals surface area (Å²) in [5.74, 6) is 1.41. The summed E-state index contributed by atoms with van der Waals surface area (Å²) in [7, 11) is 0. The predicted molar refractivity (Wildman–Crippen MR) is 67.9 cm³/mol. The fourth-order valence-corrected chi connectivity index (χ4v) is 2.19. The molecule has 2 atom stereocenters. The molecule has 2 rings (SSSR count). The third-order valence-electron chi connectivity index (χ3n) is 2.99. The molecule has 2 heterocycles. The summed E-state index contributed by atoms with van der Waals surface area (Å²) in [4.78, 5) is 10.7. The molecule has 0 aromatic carbocycles. The minimum Gasteiger partial charge on any atom is -0.339 e. The van der Waals surface area contributed by atoms with Gasteiger partial charge in [0, 0.05) is 31.5 Å². The summed E-state index contributed by atoms with van der Waals surface area (Å²) in [5.41, 5.74) is 6.10. The van der Waals surface area contributed by atoms with Crippen LogP contribution >= 0.6 is 12.4 Å². The van der Waals surface area contributed by atoms with E-state index in [0.717, 1.165) is 19.0 Å². The van der Waals surface area contributed by atoms with Gasteiger partial charge in [-0.05, 0) is 18.4 Å². The van der Waals surface area contributed by atoms with Crippen molar-refractivity contribution < 1.29 is 0 Å². The van der Waals surface area contributed by atoms with Crippen molar-refractivity contribution in [3.05, 3.63) is 18.5 Å². The molecule has 1 aromatic heterocycles. The van der Waals surface area contributed by atoms with Crippen LogP contribution in [0.5, 0.6) is 0 Å². The monoisotopic (exact) mass is 242 g/mol. The average Bonchev–Trinajstić information content (AvgIpc) is 2.63. The molecule has 2 N–H and O–H groups in total. The van der Waals surface area contributed by atoms with Gasteiger partial charge in [0.2, 0.25) is 5.95 Å². The standard InChI is InChI=1S/C11H18N4.ClH/c1-2-4-9-7-15(8-10(9)12)11-13-5-3-6-14-11;/h3,5-6,9-10H,2,4,7-8,12H2,1H3;1H/t9-,10-;/m0./s1. The zero-order chi connectivity index (χ0) is 10.7. The van der Waals surface area contributed by atoms with Gasteiger partial charge in [0.05, 0.1) is 0 Å². The molecule has 0 amide bonds. The fraction of sp³-hybridized carbons (Fsp3) is 0.636. The molecule has 0 unspecified atom stereocenters. The van der Waals surface area contributed by atoms with E-state index in [4.69, 9.17) is 5.73 Å². The lowest BCUT2D eigenvalue weighted by Crippen LogP contribution is -2.29. The normalized spacial score (nSPS) is 24.2. The summed E-state index contributed by atoms with van der Waals surface area (Å²) in [6.07, 6.45) is 5.95. The third kappa shape index (κ3) is 2.83. The number of anilines is 1. The Kier molecular flexibility index (Phi) is 4.96. The lowest BCUT2D eigenvalue weighted by atomic mass is 9.99. The van der Waals surface area contributed by atoms with Gasteiger partial charge in [-0.2, -0.15) is 0 Å². The van der Waals surface area contributed by atoms with Gasteiger partial charge in [-0.3, -0.25) is 0 Å². The van der Waals surface area contributed by atoms with E-state index in [0.29, 0.717) is 5.92 Å². The first kappa shape index (κ1) is 13.2. The SMILES string of the molecule is CCC[C@H]1CN(c2ncccn2)C[C@@H]1N.Cl. The van der Waals surface area contributed by atoms with Gasteiger partial charge in [0.15, 0.2) is 0 Å². The van der Waals surface area contributed by atoms with E-state index in [1.54, 1.807) is 12.4 Å². The van der Waals surface area contributed by atoms with Gasteiger partial charge < -0.3 is 10.6 Å². The summed E-state index contributed by atoms with van der Waals surface area (Å²) >= 11 is 0. The van der Waals surface area contributed by atoms with Gasteiger partial charge >= 0.3 is 0 Å². The molecule has 1 aliphatic rings. The van der Waals surface area contributed by atoms with E-state index < -0.39 is 0 Å². The number of nitrogens with zero attached hydrogens (tertiary/aromatic N) is 3. The van der Waals surface area contributed by atoms with E-state index in [2.05, 4.69) is 21.8 Å². The molecule has 90 valence electrons. The average molecular weight is 243 g/mol. The molecule has 0 aliphatic carbocycles. The van der Waals surface area contributed by atoms with Crippen LogP contribution < -0.4 is 10.6 Å². The molecule has 1 fully saturated rings. The van der Waals surface area contributed by atoms with E-state index in [1.165, 1.54) is 12.8 Å². The van der Waals surface area contributed by atoms with Crippen LogP contribution in [0.1, 0.15) is 19.8 Å². The van der Waals surface area contributed by atoms with Gasteiger partial charge in [0.1, 0.15) is 0 Å². The molecule has 4 nitrogen and oxygen atoms in total. The van der Waals surface area contributed by atoms with Gasteiger partial charge in [-0.25, -0.2) is 9.97 Å². The molecule has 1 aromatic rings. The maximum absolute atomic E-state index is 6.10. The second-order valence-electron chi connectivity index (χ2n) is 4.17. The Labute approximate surface area is 103 Å². The van der Waals surface area contributed by atoms with Gasteiger partial charge in [-0.15, -0.1) is 12.4 Å². The van der Waals surface area contributed by atoms with Crippen LogP contribution in [0.15, 0.2) is 18.5 Å². The van der Waals surface area contributed by atoms with Crippen LogP contribution in [0.4, 0.5) is 5.95 Å². The van der Waals surface area contributed by atoms with Crippen molar-refractivity contribution >= 4 is 18.4 Å². The highest BCUT2D eigenvalue weighted by Crippen LogP contribution is 2.22. The van der Waals surface area contributed by atoms with Crippen molar-refractivity contribution in [2.45, 2.75) is 25.8 Å². The first-order valence-corrected chi connectivity index (χ1v) is 5.58. The Bertz CT molecular complexity index is 306. The van der Waals surface area contributed by atoms with Crippen LogP contribution in [-0.4, -0.2) is 29.1 Å². The van der Waals surface area contributed by atoms with Crippen molar-refractivity contribution in [2.24, 2.45) is 11.7 Å². The molecule has 0 saturated carbocycles. The lowest BCUT2D eigenvalue weighted by molar-refractivity contribution is 0.472. The van der Waals surface area contributed by atoms with Crippen LogP contribution in [0.25, 0.3) is 0 Å². The van der Waals surface area contributed by atoms with Crippen molar-refractivity contribution in [1.29, 1.82) is 0 Å². The van der Waals surface area contributed by atoms with E-state index >= 15 is 0 Å². The fourth-order valence-electron chi connectivity index (χ4n) is 2.19. The molecule has 0 spiro atoms. The van der Waals surface area contributed by atoms with Crippen molar-refractivity contribution in [3.63, 3.8) is 0 Å². The summed E-state index contributed by atoms with van der Waals surface area (Å²) in [6.45, 7) is 4.09. The van der Waals surface area contributed by atoms with E-state index in [9.17, 15) is 0 Å². The Morgan fingerprint density at radius 3 is 2.69 bits per heavy atom. The molecule has 1 aliphatic heterocycles. The van der Waals surface area contributed by atoms with Gasteiger partial charge in [-0.1, -0.05) is 13.3 Å². The minimum atomic E-state index is 0. The molecular formula is C11H19ClN4. The van der Waals surface area contributed by atoms with Crippen LogP contribution in [0.3, 0.4) is 0 Å². The predicted octanol–water partition coefficient (Wildman–Crippen LogP) is 1.46. The zero-order valence-electron chi connectivity index (χ0n) is 9.54. The maximum Gasteiger partial charge on any atom is 0.225 e. The highest BCUT2D eigenvalue weighted by Gasteiger charge is 2.30. The Balaban J connectivity index is 0.00000128. The highest BCUT2D eigenvalue weighted by molar-refractivity contribution is 5.85. The quantitative estimate of drug-likeness (QED) is 0.872. The molecule has 0 bridgehead atoms. The number of rotatable bonds is 3. The summed E-state index contributed by atoms with van der Waals surface area (Å²) < 4.78 is 0. The first-order valence-electron chi connectivity index (χ1n) is 5.58. The van der Waals surface area contributed by atoms with Crippen molar-refractivity contribution in [3.8, 4) is 0 Å². The number of hydrogen-bond acceptors (Lipinski definition) is 4. The first-order chi connectivity index (χ1) is 7.31.